The van der Waals surface area contributed by atoms with Crippen molar-refractivity contribution in [3.63, 3.8) is 0 Å². The van der Waals surface area contributed by atoms with Crippen LogP contribution in [0.1, 0.15) is 46.1 Å². The van der Waals surface area contributed by atoms with Crippen molar-refractivity contribution in [1.29, 1.82) is 0 Å². The molecule has 1 heterocycles. The SMILES string of the molecule is CCC.CCC.Cc1cc[nH]c1. The number of hydrogen-bond donors (Lipinski definition) is 1. The average molecular weight is 169 g/mol. The molecule has 0 saturated carbocycles. The van der Waals surface area contributed by atoms with Gasteiger partial charge in [-0.1, -0.05) is 40.5 Å². The molecule has 1 aromatic rings. The summed E-state index contributed by atoms with van der Waals surface area (Å²) in [4.78, 5) is 2.93. The zero-order chi connectivity index (χ0) is 9.82. The van der Waals surface area contributed by atoms with E-state index in [0.29, 0.717) is 0 Å². The van der Waals surface area contributed by atoms with Crippen LogP contribution in [0.3, 0.4) is 0 Å². The van der Waals surface area contributed by atoms with Crippen LogP contribution in [0.25, 0.3) is 0 Å². The summed E-state index contributed by atoms with van der Waals surface area (Å²) in [6, 6.07) is 2.03. The normalized spacial score (nSPS) is 7.42. The molecule has 0 unspecified atom stereocenters. The van der Waals surface area contributed by atoms with Crippen molar-refractivity contribution >= 4 is 0 Å². The minimum atomic E-state index is 1.25. The molecule has 1 N–H and O–H groups in total. The summed E-state index contributed by atoms with van der Waals surface area (Å²) in [6.45, 7) is 10.6. The maximum atomic E-state index is 2.93. The summed E-state index contributed by atoms with van der Waals surface area (Å²) in [7, 11) is 0. The topological polar surface area (TPSA) is 15.8 Å². The predicted octanol–water partition coefficient (Wildman–Crippen LogP) is 4.16. The van der Waals surface area contributed by atoms with Gasteiger partial charge in [-0.15, -0.1) is 0 Å². The van der Waals surface area contributed by atoms with Gasteiger partial charge in [-0.3, -0.25) is 0 Å². The monoisotopic (exact) mass is 169 g/mol. The van der Waals surface area contributed by atoms with Crippen molar-refractivity contribution in [2.24, 2.45) is 0 Å². The molecule has 1 aromatic heterocycles. The second-order valence-corrected chi connectivity index (χ2v) is 2.80. The van der Waals surface area contributed by atoms with Gasteiger partial charge >= 0.3 is 0 Å². The van der Waals surface area contributed by atoms with Crippen molar-refractivity contribution in [1.82, 2.24) is 4.98 Å². The molecule has 0 bridgehead atoms. The van der Waals surface area contributed by atoms with Crippen LogP contribution < -0.4 is 0 Å². The molecule has 0 fully saturated rings. The number of aromatic amines is 1. The summed E-state index contributed by atoms with van der Waals surface area (Å²) >= 11 is 0. The lowest BCUT2D eigenvalue weighted by Crippen LogP contribution is -1.50. The van der Waals surface area contributed by atoms with E-state index in [4.69, 9.17) is 0 Å². The maximum Gasteiger partial charge on any atom is 0.00345 e. The minimum absolute atomic E-state index is 1.25. The summed E-state index contributed by atoms with van der Waals surface area (Å²) in [6.07, 6.45) is 6.37. The molecule has 0 aliphatic heterocycles. The van der Waals surface area contributed by atoms with Gasteiger partial charge in [0.05, 0.1) is 0 Å². The fourth-order valence-electron chi connectivity index (χ4n) is 0.407. The van der Waals surface area contributed by atoms with Gasteiger partial charge in [0.1, 0.15) is 0 Å². The van der Waals surface area contributed by atoms with Gasteiger partial charge in [-0.25, -0.2) is 0 Å². The van der Waals surface area contributed by atoms with E-state index in [0.717, 1.165) is 0 Å². The standard InChI is InChI=1S/C5H7N.2C3H8/c1-5-2-3-6-4-5;2*1-3-2/h2-4,6H,1H3;2*3H2,1-2H3. The Labute approximate surface area is 77.2 Å². The molecular weight excluding hydrogens is 146 g/mol. The lowest BCUT2D eigenvalue weighted by Gasteiger charge is -1.65. The first kappa shape index (κ1) is 13.8. The van der Waals surface area contributed by atoms with Crippen molar-refractivity contribution in [3.05, 3.63) is 24.0 Å². The highest BCUT2D eigenvalue weighted by molar-refractivity contribution is 5.03. The second kappa shape index (κ2) is 12.9. The Bertz CT molecular complexity index is 129. The first-order chi connectivity index (χ1) is 5.72. The van der Waals surface area contributed by atoms with Crippen molar-refractivity contribution in [2.75, 3.05) is 0 Å². The highest BCUT2D eigenvalue weighted by Gasteiger charge is 1.73. The molecule has 1 rings (SSSR count). The number of H-pyrrole nitrogens is 1. The van der Waals surface area contributed by atoms with E-state index in [2.05, 4.69) is 39.6 Å². The molecule has 0 saturated heterocycles. The van der Waals surface area contributed by atoms with E-state index >= 15 is 0 Å². The first-order valence-electron chi connectivity index (χ1n) is 4.82. The Balaban J connectivity index is 0. The summed E-state index contributed by atoms with van der Waals surface area (Å²) in [5, 5.41) is 0. The second-order valence-electron chi connectivity index (χ2n) is 2.80. The Morgan fingerprint density at radius 1 is 1.08 bits per heavy atom. The molecule has 0 amide bonds. The lowest BCUT2D eigenvalue weighted by molar-refractivity contribution is 1.09. The number of aromatic nitrogens is 1. The maximum absolute atomic E-state index is 2.93. The van der Waals surface area contributed by atoms with E-state index < -0.39 is 0 Å². The molecule has 72 valence electrons. The number of hydrogen-bond acceptors (Lipinski definition) is 0. The minimum Gasteiger partial charge on any atom is -0.367 e. The Kier molecular flexibility index (Phi) is 14.9. The number of nitrogens with one attached hydrogen (secondary N) is 1. The Hall–Kier alpha value is -0.720. The van der Waals surface area contributed by atoms with E-state index in [1.54, 1.807) is 0 Å². The van der Waals surface area contributed by atoms with Crippen LogP contribution in [0.5, 0.6) is 0 Å². The summed E-state index contributed by atoms with van der Waals surface area (Å²) < 4.78 is 0. The molecule has 1 heteroatoms. The largest absolute Gasteiger partial charge is 0.367 e. The van der Waals surface area contributed by atoms with Gasteiger partial charge < -0.3 is 4.98 Å². The highest BCUT2D eigenvalue weighted by atomic mass is 14.6. The Morgan fingerprint density at radius 3 is 1.58 bits per heavy atom. The molecule has 0 aliphatic rings. The van der Waals surface area contributed by atoms with Gasteiger partial charge in [-0.05, 0) is 18.6 Å². The third-order valence-corrected chi connectivity index (χ3v) is 0.753. The van der Waals surface area contributed by atoms with Crippen LogP contribution in [0.4, 0.5) is 0 Å². The fraction of sp³-hybridized carbons (Fsp3) is 0.636. The number of rotatable bonds is 0. The van der Waals surface area contributed by atoms with Gasteiger partial charge in [0.2, 0.25) is 0 Å². The Morgan fingerprint density at radius 2 is 1.50 bits per heavy atom. The van der Waals surface area contributed by atoms with Crippen LogP contribution in [0, 0.1) is 6.92 Å². The van der Waals surface area contributed by atoms with Crippen LogP contribution in [-0.4, -0.2) is 4.98 Å². The zero-order valence-corrected chi connectivity index (χ0v) is 9.15. The lowest BCUT2D eigenvalue weighted by atomic mass is 10.4. The van der Waals surface area contributed by atoms with Crippen LogP contribution >= 0.6 is 0 Å². The van der Waals surface area contributed by atoms with Crippen LogP contribution in [0.2, 0.25) is 0 Å². The quantitative estimate of drug-likeness (QED) is 0.600. The van der Waals surface area contributed by atoms with Crippen LogP contribution in [0.15, 0.2) is 18.5 Å². The van der Waals surface area contributed by atoms with Crippen molar-refractivity contribution < 1.29 is 0 Å². The molecule has 0 spiro atoms. The van der Waals surface area contributed by atoms with Gasteiger partial charge in [-0.2, -0.15) is 0 Å². The third kappa shape index (κ3) is 16.1. The highest BCUT2D eigenvalue weighted by Crippen LogP contribution is 1.88. The van der Waals surface area contributed by atoms with E-state index in [1.807, 2.05) is 18.5 Å². The molecule has 0 atom stereocenters. The smallest absolute Gasteiger partial charge is 0.00345 e. The first-order valence-corrected chi connectivity index (χ1v) is 4.82. The van der Waals surface area contributed by atoms with E-state index in [9.17, 15) is 0 Å². The van der Waals surface area contributed by atoms with Gasteiger partial charge in [0.15, 0.2) is 0 Å². The summed E-state index contributed by atoms with van der Waals surface area (Å²) in [5.74, 6) is 0. The molecule has 1 nitrogen and oxygen atoms in total. The van der Waals surface area contributed by atoms with Gasteiger partial charge in [0, 0.05) is 12.4 Å². The molecule has 0 radical (unpaired) electrons. The van der Waals surface area contributed by atoms with E-state index in [-0.39, 0.29) is 0 Å². The van der Waals surface area contributed by atoms with Gasteiger partial charge in [0.25, 0.3) is 0 Å². The molecular formula is C11H23N. The predicted molar refractivity (Wildman–Crippen MR) is 57.5 cm³/mol. The van der Waals surface area contributed by atoms with Crippen molar-refractivity contribution in [3.8, 4) is 0 Å². The average Bonchev–Trinajstić information content (AvgIpc) is 2.43. The number of aryl methyl sites for hydroxylation is 1. The zero-order valence-electron chi connectivity index (χ0n) is 9.15. The molecule has 0 aromatic carbocycles. The third-order valence-electron chi connectivity index (χ3n) is 0.753. The molecule has 12 heavy (non-hydrogen) atoms. The summed E-state index contributed by atoms with van der Waals surface area (Å²) in [5.41, 5.74) is 1.29. The molecule has 0 aliphatic carbocycles. The van der Waals surface area contributed by atoms with E-state index in [1.165, 1.54) is 18.4 Å². The van der Waals surface area contributed by atoms with Crippen molar-refractivity contribution in [2.45, 2.75) is 47.5 Å². The fourth-order valence-corrected chi connectivity index (χ4v) is 0.407. The van der Waals surface area contributed by atoms with Crippen LogP contribution in [-0.2, 0) is 0 Å².